The zero-order valence-corrected chi connectivity index (χ0v) is 10.7. The molecule has 0 aliphatic rings. The molecule has 0 saturated carbocycles. The van der Waals surface area contributed by atoms with Crippen LogP contribution in [0.25, 0.3) is 0 Å². The van der Waals surface area contributed by atoms with Crippen molar-refractivity contribution in [2.24, 2.45) is 0 Å². The predicted molar refractivity (Wildman–Crippen MR) is 66.4 cm³/mol. The van der Waals surface area contributed by atoms with E-state index < -0.39 is 0 Å². The lowest BCUT2D eigenvalue weighted by molar-refractivity contribution is -0.385. The number of unbranched alkanes of at least 4 members (excludes halogenated alkanes) is 1. The summed E-state index contributed by atoms with van der Waals surface area (Å²) < 4.78 is 5.50. The van der Waals surface area contributed by atoms with E-state index in [0.717, 1.165) is 18.2 Å². The van der Waals surface area contributed by atoms with Gasteiger partial charge in [-0.15, -0.1) is 0 Å². The fourth-order valence-corrected chi connectivity index (χ4v) is 1.73. The minimum Gasteiger partial charge on any atom is -0.493 e. The summed E-state index contributed by atoms with van der Waals surface area (Å²) in [4.78, 5) is 10.3. The molecular formula is C11H14BrNO3. The molecular weight excluding hydrogens is 274 g/mol. The molecule has 5 heteroatoms. The molecule has 0 radical (unpaired) electrons. The van der Waals surface area contributed by atoms with Crippen molar-refractivity contribution >= 4 is 21.6 Å². The lowest BCUT2D eigenvalue weighted by Crippen LogP contribution is -2.01. The van der Waals surface area contributed by atoms with Gasteiger partial charge in [0.2, 0.25) is 0 Å². The van der Waals surface area contributed by atoms with Gasteiger partial charge < -0.3 is 4.74 Å². The van der Waals surface area contributed by atoms with Gasteiger partial charge >= 0.3 is 0 Å². The summed E-state index contributed by atoms with van der Waals surface area (Å²) >= 11 is 3.34. The van der Waals surface area contributed by atoms with Crippen molar-refractivity contribution in [1.29, 1.82) is 0 Å². The van der Waals surface area contributed by atoms with Gasteiger partial charge in [-0.25, -0.2) is 0 Å². The number of alkyl halides is 1. The van der Waals surface area contributed by atoms with Crippen LogP contribution in [0.5, 0.6) is 5.75 Å². The van der Waals surface area contributed by atoms with Crippen molar-refractivity contribution in [3.8, 4) is 5.75 Å². The Balaban J connectivity index is 2.66. The molecule has 1 aromatic rings. The van der Waals surface area contributed by atoms with Gasteiger partial charge in [0.05, 0.1) is 17.1 Å². The topological polar surface area (TPSA) is 52.4 Å². The van der Waals surface area contributed by atoms with E-state index in [2.05, 4.69) is 15.9 Å². The third-order valence-electron chi connectivity index (χ3n) is 2.24. The molecule has 0 saturated heterocycles. The highest BCUT2D eigenvalue weighted by Gasteiger charge is 2.13. The van der Waals surface area contributed by atoms with Crippen LogP contribution < -0.4 is 4.74 Å². The Kier molecular flexibility index (Phi) is 5.25. The van der Waals surface area contributed by atoms with Gasteiger partial charge in [-0.3, -0.25) is 10.1 Å². The number of ether oxygens (including phenoxy) is 1. The molecule has 0 aromatic heterocycles. The second-order valence-electron chi connectivity index (χ2n) is 3.40. The molecule has 1 aromatic carbocycles. The number of rotatable bonds is 6. The molecule has 0 spiro atoms. The van der Waals surface area contributed by atoms with Crippen molar-refractivity contribution in [3.05, 3.63) is 33.9 Å². The zero-order chi connectivity index (χ0) is 12.0. The minimum atomic E-state index is -0.388. The Hall–Kier alpha value is -1.10. The smallest absolute Gasteiger partial charge is 0.276 e. The third-order valence-corrected chi connectivity index (χ3v) is 2.80. The largest absolute Gasteiger partial charge is 0.493 e. The van der Waals surface area contributed by atoms with Crippen molar-refractivity contribution in [2.75, 3.05) is 11.9 Å². The van der Waals surface area contributed by atoms with E-state index in [1.54, 1.807) is 19.1 Å². The summed E-state index contributed by atoms with van der Waals surface area (Å²) in [5.41, 5.74) is 0.698. The monoisotopic (exact) mass is 287 g/mol. The minimum absolute atomic E-state index is 0.109. The molecule has 4 nitrogen and oxygen atoms in total. The number of nitro groups is 1. The first-order valence-corrected chi connectivity index (χ1v) is 6.21. The zero-order valence-electron chi connectivity index (χ0n) is 9.11. The van der Waals surface area contributed by atoms with Crippen LogP contribution in [0.4, 0.5) is 5.69 Å². The fourth-order valence-electron chi connectivity index (χ4n) is 1.34. The number of benzene rings is 1. The molecule has 0 aliphatic heterocycles. The van der Waals surface area contributed by atoms with E-state index in [1.807, 2.05) is 0 Å². The molecule has 88 valence electrons. The summed E-state index contributed by atoms with van der Waals surface area (Å²) in [6.45, 7) is 2.30. The van der Waals surface area contributed by atoms with Gasteiger partial charge in [0.25, 0.3) is 5.69 Å². The Bertz CT molecular complexity index is 368. The summed E-state index contributed by atoms with van der Waals surface area (Å²) in [5, 5.41) is 11.6. The maximum atomic E-state index is 10.7. The van der Waals surface area contributed by atoms with Gasteiger partial charge in [-0.2, -0.15) is 0 Å². The second-order valence-corrected chi connectivity index (χ2v) is 4.19. The first kappa shape index (κ1) is 13.0. The highest BCUT2D eigenvalue weighted by Crippen LogP contribution is 2.26. The van der Waals surface area contributed by atoms with E-state index >= 15 is 0 Å². The quantitative estimate of drug-likeness (QED) is 0.348. The fraction of sp³-hybridized carbons (Fsp3) is 0.455. The van der Waals surface area contributed by atoms with Crippen LogP contribution in [0, 0.1) is 17.0 Å². The normalized spacial score (nSPS) is 10.1. The van der Waals surface area contributed by atoms with Crippen molar-refractivity contribution in [2.45, 2.75) is 19.8 Å². The number of nitro benzene ring substituents is 1. The molecule has 0 fully saturated rings. The molecule has 0 atom stereocenters. The van der Waals surface area contributed by atoms with E-state index in [9.17, 15) is 10.1 Å². The van der Waals surface area contributed by atoms with E-state index in [4.69, 9.17) is 4.74 Å². The molecule has 1 rings (SSSR count). The van der Waals surface area contributed by atoms with Gasteiger partial charge in [-0.05, 0) is 25.8 Å². The summed E-state index contributed by atoms with van der Waals surface area (Å²) in [6.07, 6.45) is 1.97. The highest BCUT2D eigenvalue weighted by atomic mass is 79.9. The average Bonchev–Trinajstić information content (AvgIpc) is 2.26. The van der Waals surface area contributed by atoms with Crippen LogP contribution in [0.3, 0.4) is 0 Å². The van der Waals surface area contributed by atoms with Crippen LogP contribution >= 0.6 is 15.9 Å². The summed E-state index contributed by atoms with van der Waals surface area (Å²) in [7, 11) is 0. The van der Waals surface area contributed by atoms with E-state index in [1.165, 1.54) is 6.07 Å². The van der Waals surface area contributed by atoms with Crippen LogP contribution in [0.15, 0.2) is 18.2 Å². The molecule has 0 aliphatic carbocycles. The second kappa shape index (κ2) is 6.48. The maximum absolute atomic E-state index is 10.7. The Morgan fingerprint density at radius 3 is 2.81 bits per heavy atom. The first-order valence-electron chi connectivity index (χ1n) is 5.09. The standard InChI is InChI=1S/C11H14BrNO3/c1-9-10(13(14)15)5-4-6-11(9)16-8-3-2-7-12/h4-6H,2-3,7-8H2,1H3. The van der Waals surface area contributed by atoms with Crippen molar-refractivity contribution in [3.63, 3.8) is 0 Å². The third kappa shape index (κ3) is 3.48. The molecule has 0 N–H and O–H groups in total. The van der Waals surface area contributed by atoms with Gasteiger partial charge in [-0.1, -0.05) is 22.0 Å². The van der Waals surface area contributed by atoms with E-state index in [-0.39, 0.29) is 10.6 Å². The van der Waals surface area contributed by atoms with Crippen LogP contribution in [0.1, 0.15) is 18.4 Å². The van der Waals surface area contributed by atoms with Crippen LogP contribution in [-0.4, -0.2) is 16.9 Å². The van der Waals surface area contributed by atoms with Crippen LogP contribution in [-0.2, 0) is 0 Å². The highest BCUT2D eigenvalue weighted by molar-refractivity contribution is 9.09. The Labute approximate surface area is 103 Å². The number of hydrogen-bond acceptors (Lipinski definition) is 3. The lowest BCUT2D eigenvalue weighted by atomic mass is 10.2. The molecule has 16 heavy (non-hydrogen) atoms. The number of halogens is 1. The van der Waals surface area contributed by atoms with Crippen molar-refractivity contribution in [1.82, 2.24) is 0 Å². The molecule has 0 bridgehead atoms. The van der Waals surface area contributed by atoms with Crippen LogP contribution in [0.2, 0.25) is 0 Å². The summed E-state index contributed by atoms with van der Waals surface area (Å²) in [5.74, 6) is 0.601. The predicted octanol–water partition coefficient (Wildman–Crippen LogP) is 3.46. The SMILES string of the molecule is Cc1c(OCCCCBr)cccc1[N+](=O)[O-]. The molecule has 0 amide bonds. The molecule has 0 heterocycles. The summed E-state index contributed by atoms with van der Waals surface area (Å²) in [6, 6.07) is 4.89. The maximum Gasteiger partial charge on any atom is 0.276 e. The number of hydrogen-bond donors (Lipinski definition) is 0. The Morgan fingerprint density at radius 1 is 1.44 bits per heavy atom. The number of nitrogens with zero attached hydrogens (tertiary/aromatic N) is 1. The van der Waals surface area contributed by atoms with Gasteiger partial charge in [0.1, 0.15) is 5.75 Å². The average molecular weight is 288 g/mol. The molecule has 0 unspecified atom stereocenters. The van der Waals surface area contributed by atoms with Gasteiger partial charge in [0, 0.05) is 11.4 Å². The first-order chi connectivity index (χ1) is 7.66. The van der Waals surface area contributed by atoms with E-state index in [0.29, 0.717) is 17.9 Å². The lowest BCUT2D eigenvalue weighted by Gasteiger charge is -2.08. The Morgan fingerprint density at radius 2 is 2.19 bits per heavy atom. The van der Waals surface area contributed by atoms with Gasteiger partial charge in [0.15, 0.2) is 0 Å². The van der Waals surface area contributed by atoms with Crippen molar-refractivity contribution < 1.29 is 9.66 Å².